The Morgan fingerprint density at radius 3 is 3.00 bits per heavy atom. The predicted octanol–water partition coefficient (Wildman–Crippen LogP) is 2.27. The molecule has 0 fully saturated rings. The molecule has 9 heteroatoms. The molecule has 2 heterocycles. The number of hydrogen-bond donors (Lipinski definition) is 0. The van der Waals surface area contributed by atoms with Gasteiger partial charge in [-0.25, -0.2) is 4.79 Å². The van der Waals surface area contributed by atoms with E-state index >= 15 is 0 Å². The van der Waals surface area contributed by atoms with Gasteiger partial charge in [-0.2, -0.15) is 5.10 Å². The number of furan rings is 1. The molecule has 2 aromatic rings. The fraction of sp³-hybridized carbons (Fsp3) is 0.308. The van der Waals surface area contributed by atoms with Crippen LogP contribution in [0.15, 0.2) is 27.9 Å². The number of aromatic nitrogens is 2. The maximum atomic E-state index is 11.2. The van der Waals surface area contributed by atoms with Crippen molar-refractivity contribution in [1.82, 2.24) is 9.78 Å². The van der Waals surface area contributed by atoms with Crippen LogP contribution in [-0.4, -0.2) is 26.9 Å². The van der Waals surface area contributed by atoms with Crippen LogP contribution >= 0.6 is 0 Å². The van der Waals surface area contributed by atoms with Crippen molar-refractivity contribution < 1.29 is 19.0 Å². The second-order valence-corrected chi connectivity index (χ2v) is 4.45. The van der Waals surface area contributed by atoms with Gasteiger partial charge in [0, 0.05) is 25.2 Å². The highest BCUT2D eigenvalue weighted by Gasteiger charge is 2.17. The highest BCUT2D eigenvalue weighted by atomic mass is 16.7. The third-order valence-corrected chi connectivity index (χ3v) is 2.66. The quantitative estimate of drug-likeness (QED) is 0.350. The molecule has 0 N–H and O–H groups in total. The van der Waals surface area contributed by atoms with Gasteiger partial charge in [0.1, 0.15) is 10.6 Å². The van der Waals surface area contributed by atoms with E-state index in [1.54, 1.807) is 13.2 Å². The minimum absolute atomic E-state index is 0.230. The average Bonchev–Trinajstić information content (AvgIpc) is 3.05. The minimum Gasteiger partial charge on any atom is -0.399 e. The summed E-state index contributed by atoms with van der Waals surface area (Å²) < 4.78 is 6.61. The largest absolute Gasteiger partial charge is 0.433 e. The Bertz CT molecular complexity index is 716. The van der Waals surface area contributed by atoms with Gasteiger partial charge in [-0.15, -0.1) is 0 Å². The molecule has 0 unspecified atom stereocenters. The summed E-state index contributed by atoms with van der Waals surface area (Å²) in [6.45, 7) is 1.86. The first-order chi connectivity index (χ1) is 10.5. The molecular formula is C13H14N4O5. The van der Waals surface area contributed by atoms with Crippen LogP contribution in [0.3, 0.4) is 0 Å². The average molecular weight is 306 g/mol. The number of nitro groups is 1. The van der Waals surface area contributed by atoms with Crippen LogP contribution in [0.4, 0.5) is 5.88 Å². The molecular weight excluding hydrogens is 292 g/mol. The standard InChI is InChI=1S/C13H14N4O5/c1-3-4-12(18)22-14-7-9-8-16(2)15-13(9)10-5-6-11(21-10)17(19)20/h5-8H,3-4H2,1-2H3/b14-7+. The van der Waals surface area contributed by atoms with Gasteiger partial charge in [-0.05, 0) is 12.5 Å². The molecule has 9 nitrogen and oxygen atoms in total. The Hall–Kier alpha value is -2.97. The molecule has 0 saturated carbocycles. The van der Waals surface area contributed by atoms with Crippen molar-refractivity contribution in [2.24, 2.45) is 12.2 Å². The number of nitrogens with zero attached hydrogens (tertiary/aromatic N) is 4. The van der Waals surface area contributed by atoms with E-state index in [1.165, 1.54) is 23.0 Å². The van der Waals surface area contributed by atoms with Crippen molar-refractivity contribution in [3.63, 3.8) is 0 Å². The molecule has 0 aromatic carbocycles. The van der Waals surface area contributed by atoms with Crippen molar-refractivity contribution in [2.45, 2.75) is 19.8 Å². The van der Waals surface area contributed by atoms with E-state index in [2.05, 4.69) is 15.1 Å². The number of carbonyl (C=O) groups excluding carboxylic acids is 1. The van der Waals surface area contributed by atoms with Crippen molar-refractivity contribution in [3.8, 4) is 11.5 Å². The van der Waals surface area contributed by atoms with Gasteiger partial charge in [0.05, 0.1) is 12.3 Å². The number of carbonyl (C=O) groups is 1. The lowest BCUT2D eigenvalue weighted by Crippen LogP contribution is -1.98. The lowest BCUT2D eigenvalue weighted by Gasteiger charge is -1.94. The van der Waals surface area contributed by atoms with Crippen molar-refractivity contribution in [2.75, 3.05) is 0 Å². The molecule has 0 atom stereocenters. The second kappa shape index (κ2) is 6.66. The van der Waals surface area contributed by atoms with Gasteiger partial charge < -0.3 is 9.25 Å². The van der Waals surface area contributed by atoms with Crippen molar-refractivity contribution >= 4 is 18.1 Å². The lowest BCUT2D eigenvalue weighted by atomic mass is 10.2. The van der Waals surface area contributed by atoms with Gasteiger partial charge in [0.15, 0.2) is 5.76 Å². The van der Waals surface area contributed by atoms with E-state index in [0.29, 0.717) is 17.7 Å². The summed E-state index contributed by atoms with van der Waals surface area (Å²) in [6.07, 6.45) is 3.88. The summed E-state index contributed by atoms with van der Waals surface area (Å²) in [5, 5.41) is 18.4. The van der Waals surface area contributed by atoms with Crippen molar-refractivity contribution in [3.05, 3.63) is 34.0 Å². The van der Waals surface area contributed by atoms with Gasteiger partial charge in [0.2, 0.25) is 0 Å². The topological polar surface area (TPSA) is 113 Å². The Kier molecular flexibility index (Phi) is 4.66. The first-order valence-corrected chi connectivity index (χ1v) is 6.52. The van der Waals surface area contributed by atoms with Crippen LogP contribution < -0.4 is 0 Å². The number of oxime groups is 1. The third kappa shape index (κ3) is 3.57. The first-order valence-electron chi connectivity index (χ1n) is 6.52. The summed E-state index contributed by atoms with van der Waals surface area (Å²) in [7, 11) is 1.68. The fourth-order valence-corrected chi connectivity index (χ4v) is 1.74. The van der Waals surface area contributed by atoms with Crippen LogP contribution in [0, 0.1) is 10.1 Å². The van der Waals surface area contributed by atoms with Gasteiger partial charge in [0.25, 0.3) is 0 Å². The smallest absolute Gasteiger partial charge is 0.399 e. The maximum absolute atomic E-state index is 11.2. The summed E-state index contributed by atoms with van der Waals surface area (Å²) in [6, 6.07) is 2.69. The molecule has 0 saturated heterocycles. The zero-order chi connectivity index (χ0) is 16.1. The highest BCUT2D eigenvalue weighted by Crippen LogP contribution is 2.26. The summed E-state index contributed by atoms with van der Waals surface area (Å²) in [5.74, 6) is -0.579. The summed E-state index contributed by atoms with van der Waals surface area (Å²) >= 11 is 0. The van der Waals surface area contributed by atoms with Gasteiger partial charge in [-0.1, -0.05) is 12.1 Å². The molecule has 0 radical (unpaired) electrons. The highest BCUT2D eigenvalue weighted by molar-refractivity contribution is 5.87. The summed E-state index contributed by atoms with van der Waals surface area (Å²) in [4.78, 5) is 25.9. The number of aryl methyl sites for hydroxylation is 1. The zero-order valence-electron chi connectivity index (χ0n) is 12.1. The van der Waals surface area contributed by atoms with Crippen LogP contribution in [0.1, 0.15) is 25.3 Å². The minimum atomic E-state index is -0.632. The van der Waals surface area contributed by atoms with E-state index < -0.39 is 10.9 Å². The Morgan fingerprint density at radius 2 is 2.36 bits per heavy atom. The van der Waals surface area contributed by atoms with Gasteiger partial charge in [-0.3, -0.25) is 14.8 Å². The molecule has 0 bridgehead atoms. The maximum Gasteiger partial charge on any atom is 0.433 e. The molecule has 116 valence electrons. The van der Waals surface area contributed by atoms with Crippen LogP contribution in [0.25, 0.3) is 11.5 Å². The monoisotopic (exact) mass is 306 g/mol. The van der Waals surface area contributed by atoms with Crippen molar-refractivity contribution in [1.29, 1.82) is 0 Å². The fourth-order valence-electron chi connectivity index (χ4n) is 1.74. The molecule has 0 amide bonds. The first kappa shape index (κ1) is 15.4. The molecule has 0 aliphatic heterocycles. The second-order valence-electron chi connectivity index (χ2n) is 4.45. The van der Waals surface area contributed by atoms with E-state index in [9.17, 15) is 14.9 Å². The number of rotatable bonds is 6. The van der Waals surface area contributed by atoms with Crippen LogP contribution in [0.2, 0.25) is 0 Å². The van der Waals surface area contributed by atoms with Gasteiger partial charge >= 0.3 is 11.9 Å². The Balaban J connectivity index is 2.20. The zero-order valence-corrected chi connectivity index (χ0v) is 12.1. The Morgan fingerprint density at radius 1 is 1.59 bits per heavy atom. The predicted molar refractivity (Wildman–Crippen MR) is 76.2 cm³/mol. The normalized spacial score (nSPS) is 11.0. The summed E-state index contributed by atoms with van der Waals surface area (Å²) in [5.41, 5.74) is 0.877. The molecule has 0 spiro atoms. The SMILES string of the molecule is CCCC(=O)O/N=C/c1cn(C)nc1-c1ccc([N+](=O)[O-])o1. The van der Waals surface area contributed by atoms with E-state index in [0.717, 1.165) is 0 Å². The van der Waals surface area contributed by atoms with Crippen LogP contribution in [-0.2, 0) is 16.7 Å². The van der Waals surface area contributed by atoms with E-state index in [4.69, 9.17) is 4.42 Å². The molecule has 0 aliphatic rings. The lowest BCUT2D eigenvalue weighted by molar-refractivity contribution is -0.401. The van der Waals surface area contributed by atoms with E-state index in [1.807, 2.05) is 6.92 Å². The molecule has 2 rings (SSSR count). The Labute approximate surface area is 125 Å². The van der Waals surface area contributed by atoms with Crippen LogP contribution in [0.5, 0.6) is 0 Å². The number of hydrogen-bond acceptors (Lipinski definition) is 7. The molecule has 0 aliphatic carbocycles. The third-order valence-electron chi connectivity index (χ3n) is 2.66. The molecule has 22 heavy (non-hydrogen) atoms. The van der Waals surface area contributed by atoms with E-state index in [-0.39, 0.29) is 18.1 Å². The molecule has 2 aromatic heterocycles.